The lowest BCUT2D eigenvalue weighted by atomic mass is 10.00. The molecule has 132 valence electrons. The van der Waals surface area contributed by atoms with Gasteiger partial charge in [0, 0.05) is 24.5 Å². The molecule has 2 aliphatic carbocycles. The summed E-state index contributed by atoms with van der Waals surface area (Å²) in [6, 6.07) is 10.1. The van der Waals surface area contributed by atoms with E-state index in [1.807, 2.05) is 36.6 Å². The molecule has 3 atom stereocenters. The molecule has 1 unspecified atom stereocenters. The van der Waals surface area contributed by atoms with Crippen molar-refractivity contribution in [3.05, 3.63) is 59.4 Å². The molecule has 0 amide bonds. The van der Waals surface area contributed by atoms with Crippen LogP contribution in [0.2, 0.25) is 0 Å². The number of carbonyl (C=O) groups excluding carboxylic acids is 1. The quantitative estimate of drug-likeness (QED) is 0.762. The summed E-state index contributed by atoms with van der Waals surface area (Å²) >= 11 is 0. The molecule has 1 saturated heterocycles. The van der Waals surface area contributed by atoms with Gasteiger partial charge in [0.2, 0.25) is 0 Å². The molecule has 0 bridgehead atoms. The SMILES string of the molecule is O=C1C=C2C[C@H](OC3CCCCO3)C(=COCc3ccccc3)[C@@H]2C1. The first-order chi connectivity index (χ1) is 12.3. The van der Waals surface area contributed by atoms with Gasteiger partial charge in [-0.05, 0) is 37.3 Å². The van der Waals surface area contributed by atoms with E-state index >= 15 is 0 Å². The molecule has 25 heavy (non-hydrogen) atoms. The van der Waals surface area contributed by atoms with E-state index in [0.717, 1.165) is 43.4 Å². The van der Waals surface area contributed by atoms with Gasteiger partial charge in [0.1, 0.15) is 6.61 Å². The van der Waals surface area contributed by atoms with Crippen LogP contribution in [-0.4, -0.2) is 24.8 Å². The third kappa shape index (κ3) is 3.86. The average molecular weight is 340 g/mol. The Morgan fingerprint density at radius 3 is 2.84 bits per heavy atom. The summed E-state index contributed by atoms with van der Waals surface area (Å²) in [4.78, 5) is 11.8. The molecule has 0 radical (unpaired) electrons. The summed E-state index contributed by atoms with van der Waals surface area (Å²) < 4.78 is 17.8. The predicted octanol–water partition coefficient (Wildman–Crippen LogP) is 3.92. The highest BCUT2D eigenvalue weighted by molar-refractivity contribution is 5.94. The third-order valence-corrected chi connectivity index (χ3v) is 5.16. The zero-order chi connectivity index (χ0) is 17.1. The Bertz CT molecular complexity index is 670. The van der Waals surface area contributed by atoms with E-state index in [2.05, 4.69) is 0 Å². The molecule has 1 aromatic carbocycles. The highest BCUT2D eigenvalue weighted by Crippen LogP contribution is 2.44. The number of carbonyl (C=O) groups is 1. The van der Waals surface area contributed by atoms with Crippen LogP contribution in [0.5, 0.6) is 0 Å². The van der Waals surface area contributed by atoms with E-state index < -0.39 is 0 Å². The van der Waals surface area contributed by atoms with Crippen LogP contribution >= 0.6 is 0 Å². The summed E-state index contributed by atoms with van der Waals surface area (Å²) in [5.41, 5.74) is 3.39. The number of allylic oxidation sites excluding steroid dienone is 1. The van der Waals surface area contributed by atoms with Crippen molar-refractivity contribution in [1.82, 2.24) is 0 Å². The second-order valence-electron chi connectivity index (χ2n) is 6.98. The molecular formula is C21H24O4. The monoisotopic (exact) mass is 340 g/mol. The minimum atomic E-state index is -0.133. The van der Waals surface area contributed by atoms with Crippen LogP contribution in [0.4, 0.5) is 0 Å². The number of rotatable bonds is 5. The molecule has 0 aromatic heterocycles. The zero-order valence-corrected chi connectivity index (χ0v) is 14.4. The van der Waals surface area contributed by atoms with Gasteiger partial charge in [0.05, 0.1) is 12.4 Å². The molecule has 4 heteroatoms. The summed E-state index contributed by atoms with van der Waals surface area (Å²) in [6.07, 6.45) is 7.96. The van der Waals surface area contributed by atoms with E-state index in [-0.39, 0.29) is 24.1 Å². The summed E-state index contributed by atoms with van der Waals surface area (Å²) in [7, 11) is 0. The molecule has 2 fully saturated rings. The van der Waals surface area contributed by atoms with Crippen molar-refractivity contribution in [2.45, 2.75) is 51.1 Å². The molecule has 4 rings (SSSR count). The molecule has 1 aromatic rings. The Morgan fingerprint density at radius 2 is 2.04 bits per heavy atom. The number of benzene rings is 1. The average Bonchev–Trinajstić information content (AvgIpc) is 3.13. The first kappa shape index (κ1) is 16.6. The molecular weight excluding hydrogens is 316 g/mol. The van der Waals surface area contributed by atoms with Gasteiger partial charge < -0.3 is 14.2 Å². The van der Waals surface area contributed by atoms with Crippen molar-refractivity contribution in [3.63, 3.8) is 0 Å². The summed E-state index contributed by atoms with van der Waals surface area (Å²) in [6.45, 7) is 1.29. The fraction of sp³-hybridized carbons (Fsp3) is 0.476. The van der Waals surface area contributed by atoms with Crippen LogP contribution in [0.15, 0.2) is 53.8 Å². The van der Waals surface area contributed by atoms with Crippen molar-refractivity contribution < 1.29 is 19.0 Å². The van der Waals surface area contributed by atoms with Crippen LogP contribution in [0.3, 0.4) is 0 Å². The minimum Gasteiger partial charge on any atom is -0.496 e. The largest absolute Gasteiger partial charge is 0.496 e. The number of fused-ring (bicyclic) bond motifs is 1. The smallest absolute Gasteiger partial charge is 0.158 e. The summed E-state index contributed by atoms with van der Waals surface area (Å²) in [5.74, 6) is 0.359. The molecule has 4 nitrogen and oxygen atoms in total. The van der Waals surface area contributed by atoms with E-state index in [0.29, 0.717) is 13.0 Å². The molecule has 0 spiro atoms. The van der Waals surface area contributed by atoms with E-state index in [9.17, 15) is 4.79 Å². The van der Waals surface area contributed by atoms with Crippen molar-refractivity contribution in [2.24, 2.45) is 5.92 Å². The minimum absolute atomic E-state index is 0.0387. The Kier molecular flexibility index (Phi) is 4.99. The highest BCUT2D eigenvalue weighted by atomic mass is 16.7. The van der Waals surface area contributed by atoms with Crippen LogP contribution < -0.4 is 0 Å². The third-order valence-electron chi connectivity index (χ3n) is 5.16. The molecule has 0 N–H and O–H groups in total. The Labute approximate surface area is 148 Å². The molecule has 1 saturated carbocycles. The predicted molar refractivity (Wildman–Crippen MR) is 93.6 cm³/mol. The Morgan fingerprint density at radius 1 is 1.16 bits per heavy atom. The Balaban J connectivity index is 1.45. The van der Waals surface area contributed by atoms with Crippen LogP contribution in [0.1, 0.15) is 37.7 Å². The second kappa shape index (κ2) is 7.54. The van der Waals surface area contributed by atoms with Crippen LogP contribution in [0, 0.1) is 5.92 Å². The zero-order valence-electron chi connectivity index (χ0n) is 14.4. The second-order valence-corrected chi connectivity index (χ2v) is 6.98. The number of hydrogen-bond donors (Lipinski definition) is 0. The van der Waals surface area contributed by atoms with Crippen molar-refractivity contribution in [2.75, 3.05) is 6.61 Å². The van der Waals surface area contributed by atoms with E-state index in [4.69, 9.17) is 14.2 Å². The maximum absolute atomic E-state index is 11.8. The van der Waals surface area contributed by atoms with Gasteiger partial charge in [-0.2, -0.15) is 0 Å². The summed E-state index contributed by atoms with van der Waals surface area (Å²) in [5, 5.41) is 0. The lowest BCUT2D eigenvalue weighted by Gasteiger charge is -2.27. The van der Waals surface area contributed by atoms with Gasteiger partial charge in [0.15, 0.2) is 12.1 Å². The van der Waals surface area contributed by atoms with E-state index in [1.54, 1.807) is 6.08 Å². The number of ether oxygens (including phenoxy) is 3. The van der Waals surface area contributed by atoms with Gasteiger partial charge in [-0.3, -0.25) is 4.79 Å². The lowest BCUT2D eigenvalue weighted by Crippen LogP contribution is -2.28. The molecule has 1 aliphatic heterocycles. The van der Waals surface area contributed by atoms with E-state index in [1.165, 1.54) is 5.57 Å². The maximum atomic E-state index is 11.8. The van der Waals surface area contributed by atoms with Crippen LogP contribution in [-0.2, 0) is 25.6 Å². The topological polar surface area (TPSA) is 44.8 Å². The normalized spacial score (nSPS) is 30.4. The lowest BCUT2D eigenvalue weighted by molar-refractivity contribution is -0.179. The van der Waals surface area contributed by atoms with Gasteiger partial charge in [-0.15, -0.1) is 0 Å². The van der Waals surface area contributed by atoms with Gasteiger partial charge in [0.25, 0.3) is 0 Å². The first-order valence-corrected chi connectivity index (χ1v) is 9.15. The molecule has 3 aliphatic rings. The Hall–Kier alpha value is -1.91. The standard InChI is InChI=1S/C21H24O4/c22-17-10-16-11-20(25-21-8-4-5-9-24-21)19(18(16)12-17)14-23-13-15-6-2-1-3-7-15/h1-3,6-7,10,14,18,20-21H,4-5,8-9,11-13H2/t18-,20+,21?/m1/s1. The van der Waals surface area contributed by atoms with Gasteiger partial charge in [-0.1, -0.05) is 35.9 Å². The molecule has 1 heterocycles. The highest BCUT2D eigenvalue weighted by Gasteiger charge is 2.41. The van der Waals surface area contributed by atoms with Gasteiger partial charge in [-0.25, -0.2) is 0 Å². The fourth-order valence-corrected chi connectivity index (χ4v) is 3.88. The maximum Gasteiger partial charge on any atom is 0.158 e. The first-order valence-electron chi connectivity index (χ1n) is 9.15. The van der Waals surface area contributed by atoms with Crippen molar-refractivity contribution in [3.8, 4) is 0 Å². The van der Waals surface area contributed by atoms with Crippen molar-refractivity contribution >= 4 is 5.78 Å². The number of ketones is 1. The van der Waals surface area contributed by atoms with Crippen molar-refractivity contribution in [1.29, 1.82) is 0 Å². The van der Waals surface area contributed by atoms with Crippen LogP contribution in [0.25, 0.3) is 0 Å². The van der Waals surface area contributed by atoms with Gasteiger partial charge >= 0.3 is 0 Å². The fourth-order valence-electron chi connectivity index (χ4n) is 3.88. The number of hydrogen-bond acceptors (Lipinski definition) is 4.